The third kappa shape index (κ3) is 8.53. The number of nitrogens with zero attached hydrogens (tertiary/aromatic N) is 2. The van der Waals surface area contributed by atoms with Gasteiger partial charge in [-0.25, -0.2) is 0 Å². The quantitative estimate of drug-likeness (QED) is 0.463. The van der Waals surface area contributed by atoms with E-state index in [0.29, 0.717) is 23.7 Å². The van der Waals surface area contributed by atoms with Gasteiger partial charge in [-0.3, -0.25) is 9.69 Å². The molecule has 0 aromatic rings. The lowest BCUT2D eigenvalue weighted by Crippen LogP contribution is -2.50. The highest BCUT2D eigenvalue weighted by Gasteiger charge is 2.31. The fraction of sp³-hybridized carbons (Fsp3) is 0.875. The van der Waals surface area contributed by atoms with Gasteiger partial charge in [0.1, 0.15) is 0 Å². The van der Waals surface area contributed by atoms with E-state index < -0.39 is 0 Å². The average molecular weight is 391 g/mol. The number of piperazine rings is 1. The summed E-state index contributed by atoms with van der Waals surface area (Å²) in [6.07, 6.45) is 6.50. The molecular weight excluding hydrogens is 348 g/mol. The molecular formula is C24H42N2O2. The Morgan fingerprint density at radius 1 is 1.04 bits per heavy atom. The summed E-state index contributed by atoms with van der Waals surface area (Å²) in [4.78, 5) is 17.5. The third-order valence-electron chi connectivity index (χ3n) is 5.85. The predicted octanol–water partition coefficient (Wildman–Crippen LogP) is 4.05. The number of rotatable bonds is 8. The first-order valence-corrected chi connectivity index (χ1v) is 11.5. The number of hydrogen-bond acceptors (Lipinski definition) is 3. The van der Waals surface area contributed by atoms with E-state index in [-0.39, 0.29) is 5.92 Å². The maximum Gasteiger partial charge on any atom is 0.225 e. The normalized spacial score (nSPS) is 23.7. The SMILES string of the molecule is CC(C)C#CCCCN1CCN(C(=O)C2CCC(COCC(C)C)CC2)CC1. The minimum absolute atomic E-state index is 0.249. The Kier molecular flexibility index (Phi) is 10.4. The van der Waals surface area contributed by atoms with Crippen molar-refractivity contribution in [3.8, 4) is 11.8 Å². The molecule has 0 radical (unpaired) electrons. The summed E-state index contributed by atoms with van der Waals surface area (Å²) < 4.78 is 5.81. The molecule has 0 spiro atoms. The lowest BCUT2D eigenvalue weighted by atomic mass is 9.81. The van der Waals surface area contributed by atoms with Crippen molar-refractivity contribution in [1.82, 2.24) is 9.80 Å². The van der Waals surface area contributed by atoms with E-state index >= 15 is 0 Å². The molecule has 160 valence electrons. The molecule has 2 fully saturated rings. The van der Waals surface area contributed by atoms with Gasteiger partial charge >= 0.3 is 0 Å². The first kappa shape index (κ1) is 23.2. The van der Waals surface area contributed by atoms with Crippen LogP contribution in [0.4, 0.5) is 0 Å². The van der Waals surface area contributed by atoms with Crippen molar-refractivity contribution in [3.63, 3.8) is 0 Å². The Morgan fingerprint density at radius 2 is 1.71 bits per heavy atom. The van der Waals surface area contributed by atoms with Gasteiger partial charge in [0, 0.05) is 57.6 Å². The molecule has 1 saturated carbocycles. The van der Waals surface area contributed by atoms with Crippen LogP contribution >= 0.6 is 0 Å². The van der Waals surface area contributed by atoms with Gasteiger partial charge in [0.05, 0.1) is 0 Å². The molecule has 0 atom stereocenters. The molecule has 1 heterocycles. The number of carbonyl (C=O) groups excluding carboxylic acids is 1. The summed E-state index contributed by atoms with van der Waals surface area (Å²) in [5, 5.41) is 0. The van der Waals surface area contributed by atoms with Crippen LogP contribution in [0.2, 0.25) is 0 Å². The molecule has 1 saturated heterocycles. The molecule has 0 bridgehead atoms. The molecule has 2 aliphatic rings. The molecule has 4 heteroatoms. The number of amides is 1. The zero-order valence-corrected chi connectivity index (χ0v) is 18.7. The van der Waals surface area contributed by atoms with E-state index in [1.807, 2.05) is 0 Å². The van der Waals surface area contributed by atoms with Gasteiger partial charge in [-0.05, 0) is 50.5 Å². The van der Waals surface area contributed by atoms with Crippen LogP contribution in [0.5, 0.6) is 0 Å². The van der Waals surface area contributed by atoms with Crippen molar-refractivity contribution in [2.45, 2.75) is 66.2 Å². The van der Waals surface area contributed by atoms with Gasteiger partial charge in [-0.2, -0.15) is 0 Å². The highest BCUT2D eigenvalue weighted by molar-refractivity contribution is 5.79. The molecule has 0 aromatic heterocycles. The molecule has 0 unspecified atom stereocenters. The number of hydrogen-bond donors (Lipinski definition) is 0. The molecule has 1 aliphatic heterocycles. The number of unbranched alkanes of at least 4 members (excludes halogenated alkanes) is 1. The highest BCUT2D eigenvalue weighted by atomic mass is 16.5. The largest absolute Gasteiger partial charge is 0.381 e. The van der Waals surface area contributed by atoms with Crippen LogP contribution in [0.1, 0.15) is 66.2 Å². The van der Waals surface area contributed by atoms with Gasteiger partial charge in [-0.15, -0.1) is 11.8 Å². The minimum Gasteiger partial charge on any atom is -0.381 e. The van der Waals surface area contributed by atoms with E-state index in [2.05, 4.69) is 49.3 Å². The molecule has 4 nitrogen and oxygen atoms in total. The van der Waals surface area contributed by atoms with Crippen molar-refractivity contribution in [3.05, 3.63) is 0 Å². The topological polar surface area (TPSA) is 32.8 Å². The van der Waals surface area contributed by atoms with Crippen molar-refractivity contribution in [2.24, 2.45) is 23.7 Å². The molecule has 2 rings (SSSR count). The van der Waals surface area contributed by atoms with Crippen LogP contribution in [-0.2, 0) is 9.53 Å². The van der Waals surface area contributed by atoms with Crippen molar-refractivity contribution < 1.29 is 9.53 Å². The highest BCUT2D eigenvalue weighted by Crippen LogP contribution is 2.30. The van der Waals surface area contributed by atoms with Crippen molar-refractivity contribution in [2.75, 3.05) is 45.9 Å². The first-order chi connectivity index (χ1) is 13.5. The van der Waals surface area contributed by atoms with Crippen molar-refractivity contribution >= 4 is 5.91 Å². The van der Waals surface area contributed by atoms with Crippen LogP contribution in [0, 0.1) is 35.5 Å². The second kappa shape index (κ2) is 12.5. The smallest absolute Gasteiger partial charge is 0.225 e. The van der Waals surface area contributed by atoms with E-state index in [1.54, 1.807) is 0 Å². The molecule has 1 aliphatic carbocycles. The lowest BCUT2D eigenvalue weighted by molar-refractivity contribution is -0.138. The van der Waals surface area contributed by atoms with Crippen LogP contribution in [0.25, 0.3) is 0 Å². The Bertz CT molecular complexity index is 504. The van der Waals surface area contributed by atoms with E-state index in [4.69, 9.17) is 4.74 Å². The van der Waals surface area contributed by atoms with Gasteiger partial charge in [0.15, 0.2) is 0 Å². The number of carbonyl (C=O) groups is 1. The predicted molar refractivity (Wildman–Crippen MR) is 116 cm³/mol. The van der Waals surface area contributed by atoms with Crippen molar-refractivity contribution in [1.29, 1.82) is 0 Å². The van der Waals surface area contributed by atoms with Gasteiger partial charge in [0.2, 0.25) is 5.91 Å². The average Bonchev–Trinajstić information content (AvgIpc) is 2.68. The Morgan fingerprint density at radius 3 is 2.32 bits per heavy atom. The van der Waals surface area contributed by atoms with Crippen LogP contribution in [0.3, 0.4) is 0 Å². The maximum atomic E-state index is 12.9. The molecule has 28 heavy (non-hydrogen) atoms. The van der Waals surface area contributed by atoms with Crippen LogP contribution in [-0.4, -0.2) is 61.6 Å². The van der Waals surface area contributed by atoms with Crippen LogP contribution < -0.4 is 0 Å². The zero-order valence-electron chi connectivity index (χ0n) is 18.7. The molecule has 0 aromatic carbocycles. The summed E-state index contributed by atoms with van der Waals surface area (Å²) >= 11 is 0. The Labute approximate surface area is 173 Å². The standard InChI is InChI=1S/C24H42N2O2/c1-20(2)8-6-5-7-13-25-14-16-26(17-15-25)24(27)23-11-9-22(10-12-23)19-28-18-21(3)4/h20-23H,5,7,9-19H2,1-4H3. The fourth-order valence-corrected chi connectivity index (χ4v) is 4.16. The Hall–Kier alpha value is -1.05. The summed E-state index contributed by atoms with van der Waals surface area (Å²) in [5.74, 6) is 8.88. The second-order valence-corrected chi connectivity index (χ2v) is 9.40. The van der Waals surface area contributed by atoms with E-state index in [9.17, 15) is 4.79 Å². The molecule has 0 N–H and O–H groups in total. The van der Waals surface area contributed by atoms with E-state index in [0.717, 1.165) is 84.5 Å². The van der Waals surface area contributed by atoms with E-state index in [1.165, 1.54) is 0 Å². The fourth-order valence-electron chi connectivity index (χ4n) is 4.16. The second-order valence-electron chi connectivity index (χ2n) is 9.40. The van der Waals surface area contributed by atoms with Gasteiger partial charge in [0.25, 0.3) is 0 Å². The third-order valence-corrected chi connectivity index (χ3v) is 5.85. The lowest BCUT2D eigenvalue weighted by Gasteiger charge is -2.38. The zero-order chi connectivity index (χ0) is 20.4. The number of ether oxygens (including phenoxy) is 1. The Balaban J connectivity index is 1.60. The maximum absolute atomic E-state index is 12.9. The van der Waals surface area contributed by atoms with Gasteiger partial charge < -0.3 is 9.64 Å². The summed E-state index contributed by atoms with van der Waals surface area (Å²) in [5.41, 5.74) is 0. The summed E-state index contributed by atoms with van der Waals surface area (Å²) in [6.45, 7) is 15.3. The minimum atomic E-state index is 0.249. The molecule has 1 amide bonds. The summed E-state index contributed by atoms with van der Waals surface area (Å²) in [6, 6.07) is 0. The monoisotopic (exact) mass is 390 g/mol. The first-order valence-electron chi connectivity index (χ1n) is 11.5. The van der Waals surface area contributed by atoms with Gasteiger partial charge in [-0.1, -0.05) is 27.7 Å². The summed E-state index contributed by atoms with van der Waals surface area (Å²) in [7, 11) is 0. The van der Waals surface area contributed by atoms with Crippen LogP contribution in [0.15, 0.2) is 0 Å².